The lowest BCUT2D eigenvalue weighted by Gasteiger charge is -2.25. The van der Waals surface area contributed by atoms with Crippen LogP contribution in [-0.4, -0.2) is 42.8 Å². The first kappa shape index (κ1) is 23.1. The number of carbonyl (C=O) groups excluding carboxylic acids is 1. The van der Waals surface area contributed by atoms with E-state index in [4.69, 9.17) is 9.84 Å². The van der Waals surface area contributed by atoms with Crippen molar-refractivity contribution in [3.05, 3.63) is 41.5 Å². The molecule has 2 rings (SSSR count). The van der Waals surface area contributed by atoms with Crippen LogP contribution in [0, 0.1) is 5.92 Å². The van der Waals surface area contributed by atoms with E-state index in [1.807, 2.05) is 37.3 Å². The van der Waals surface area contributed by atoms with Gasteiger partial charge >= 0.3 is 5.97 Å². The van der Waals surface area contributed by atoms with Crippen LogP contribution in [0.3, 0.4) is 0 Å². The molecule has 0 spiro atoms. The highest BCUT2D eigenvalue weighted by Gasteiger charge is 2.23. The number of carboxylic acid groups (broad SMARTS) is 1. The van der Waals surface area contributed by atoms with Crippen molar-refractivity contribution in [2.75, 3.05) is 13.7 Å². The van der Waals surface area contributed by atoms with Crippen LogP contribution in [0.4, 0.5) is 0 Å². The minimum atomic E-state index is -0.844. The highest BCUT2D eigenvalue weighted by atomic mass is 16.5. The van der Waals surface area contributed by atoms with E-state index in [0.717, 1.165) is 36.9 Å². The largest absolute Gasteiger partial charge is 0.481 e. The van der Waals surface area contributed by atoms with E-state index in [1.54, 1.807) is 14.0 Å². The van der Waals surface area contributed by atoms with Gasteiger partial charge in [-0.2, -0.15) is 0 Å². The maximum absolute atomic E-state index is 12.4. The predicted octanol–water partition coefficient (Wildman–Crippen LogP) is 2.65. The van der Waals surface area contributed by atoms with Crippen molar-refractivity contribution in [3.63, 3.8) is 0 Å². The third-order valence-electron chi connectivity index (χ3n) is 5.33. The molecule has 7 nitrogen and oxygen atoms in total. The molecule has 1 fully saturated rings. The van der Waals surface area contributed by atoms with E-state index in [0.29, 0.717) is 6.42 Å². The van der Waals surface area contributed by atoms with E-state index >= 15 is 0 Å². The number of amides is 1. The third-order valence-corrected chi connectivity index (χ3v) is 5.33. The summed E-state index contributed by atoms with van der Waals surface area (Å²) >= 11 is 0. The number of ether oxygens (including phenoxy) is 1. The number of rotatable bonds is 10. The molecule has 1 aliphatic heterocycles. The standard InChI is InChI=1S/C22H33N3O4/c1-15(22(27)28)20(29-3)12-5-4-8-17-9-6-10-18(14-17)16(2)24-21(26)19-11-7-13-23-25-19/h4,6,8-10,14-16,19-20,23,25H,5,7,11-13H2,1-3H3,(H,24,26)(H,27,28)/b8-4+/t15-,16-,19+,20-/m1/s1. The molecule has 4 atom stereocenters. The normalized spacial score (nSPS) is 20.2. The molecular formula is C22H33N3O4. The Kier molecular flexibility index (Phi) is 9.31. The zero-order chi connectivity index (χ0) is 21.2. The number of carbonyl (C=O) groups is 2. The first-order valence-corrected chi connectivity index (χ1v) is 10.2. The van der Waals surface area contributed by atoms with Crippen molar-refractivity contribution < 1.29 is 19.4 Å². The first-order chi connectivity index (χ1) is 13.9. The van der Waals surface area contributed by atoms with Gasteiger partial charge in [-0.25, -0.2) is 5.43 Å². The molecule has 0 bridgehead atoms. The molecule has 1 aliphatic rings. The Bertz CT molecular complexity index is 701. The van der Waals surface area contributed by atoms with Crippen molar-refractivity contribution >= 4 is 18.0 Å². The molecule has 1 heterocycles. The second kappa shape index (κ2) is 11.7. The molecule has 0 aromatic heterocycles. The molecule has 1 amide bonds. The number of benzene rings is 1. The summed E-state index contributed by atoms with van der Waals surface area (Å²) in [6.45, 7) is 4.53. The fraction of sp³-hybridized carbons (Fsp3) is 0.545. The van der Waals surface area contributed by atoms with Crippen LogP contribution in [0.2, 0.25) is 0 Å². The average molecular weight is 404 g/mol. The average Bonchev–Trinajstić information content (AvgIpc) is 2.74. The Hall–Kier alpha value is -2.22. The topological polar surface area (TPSA) is 99.7 Å². The van der Waals surface area contributed by atoms with Crippen LogP contribution in [-0.2, 0) is 14.3 Å². The van der Waals surface area contributed by atoms with Gasteiger partial charge in [-0.1, -0.05) is 30.4 Å². The van der Waals surface area contributed by atoms with Gasteiger partial charge in [0.1, 0.15) is 0 Å². The Balaban J connectivity index is 1.88. The molecule has 1 saturated heterocycles. The fourth-order valence-corrected chi connectivity index (χ4v) is 3.40. The first-order valence-electron chi connectivity index (χ1n) is 10.2. The predicted molar refractivity (Wildman–Crippen MR) is 113 cm³/mol. The molecular weight excluding hydrogens is 370 g/mol. The second-order valence-corrected chi connectivity index (χ2v) is 7.55. The van der Waals surface area contributed by atoms with Crippen LogP contribution in [0.5, 0.6) is 0 Å². The number of hydrazine groups is 1. The number of carboxylic acids is 1. The van der Waals surface area contributed by atoms with Gasteiger partial charge in [-0.05, 0) is 56.7 Å². The molecule has 1 aromatic carbocycles. The van der Waals surface area contributed by atoms with E-state index in [1.165, 1.54) is 0 Å². The number of aliphatic carboxylic acids is 1. The van der Waals surface area contributed by atoms with Crippen molar-refractivity contribution in [2.45, 2.75) is 57.7 Å². The van der Waals surface area contributed by atoms with E-state index < -0.39 is 11.9 Å². The molecule has 0 unspecified atom stereocenters. The Morgan fingerprint density at radius 1 is 1.38 bits per heavy atom. The molecule has 7 heteroatoms. The summed E-state index contributed by atoms with van der Waals surface area (Å²) in [7, 11) is 1.55. The third kappa shape index (κ3) is 7.27. The van der Waals surface area contributed by atoms with Gasteiger partial charge < -0.3 is 15.2 Å². The van der Waals surface area contributed by atoms with Gasteiger partial charge in [0.15, 0.2) is 0 Å². The molecule has 1 aromatic rings. The fourth-order valence-electron chi connectivity index (χ4n) is 3.40. The number of allylic oxidation sites excluding steroid dienone is 1. The van der Waals surface area contributed by atoms with E-state index in [2.05, 4.69) is 22.2 Å². The smallest absolute Gasteiger partial charge is 0.308 e. The molecule has 0 saturated carbocycles. The molecule has 4 N–H and O–H groups in total. The minimum absolute atomic E-state index is 0.00352. The minimum Gasteiger partial charge on any atom is -0.481 e. The highest BCUT2D eigenvalue weighted by Crippen LogP contribution is 2.17. The summed E-state index contributed by atoms with van der Waals surface area (Å²) in [6.07, 6.45) is 6.93. The van der Waals surface area contributed by atoms with Crippen LogP contribution >= 0.6 is 0 Å². The molecule has 0 radical (unpaired) electrons. The number of nitrogens with one attached hydrogen (secondary N) is 3. The van der Waals surface area contributed by atoms with Crippen LogP contribution < -0.4 is 16.2 Å². The quantitative estimate of drug-likeness (QED) is 0.479. The summed E-state index contributed by atoms with van der Waals surface area (Å²) in [5.41, 5.74) is 8.14. The zero-order valence-corrected chi connectivity index (χ0v) is 17.5. The van der Waals surface area contributed by atoms with Gasteiger partial charge in [0.25, 0.3) is 0 Å². The van der Waals surface area contributed by atoms with Gasteiger partial charge in [-0.3, -0.25) is 15.0 Å². The maximum atomic E-state index is 12.4. The Morgan fingerprint density at radius 3 is 2.83 bits per heavy atom. The summed E-state index contributed by atoms with van der Waals surface area (Å²) in [4.78, 5) is 23.5. The maximum Gasteiger partial charge on any atom is 0.308 e. The van der Waals surface area contributed by atoms with Gasteiger partial charge in [0.2, 0.25) is 5.91 Å². The monoisotopic (exact) mass is 403 g/mol. The second-order valence-electron chi connectivity index (χ2n) is 7.55. The Labute approximate surface area is 172 Å². The summed E-state index contributed by atoms with van der Waals surface area (Å²) in [5, 5.41) is 12.2. The van der Waals surface area contributed by atoms with Crippen LogP contribution in [0.15, 0.2) is 30.3 Å². The van der Waals surface area contributed by atoms with E-state index in [-0.39, 0.29) is 24.1 Å². The summed E-state index contributed by atoms with van der Waals surface area (Å²) in [5.74, 6) is -1.37. The SMILES string of the molecule is CO[C@H](CC/C=C/c1cccc([C@@H](C)NC(=O)[C@@H]2CCCNN2)c1)[C@@H](C)C(=O)O. The lowest BCUT2D eigenvalue weighted by molar-refractivity contribution is -0.145. The van der Waals surface area contributed by atoms with Crippen molar-refractivity contribution in [2.24, 2.45) is 5.92 Å². The van der Waals surface area contributed by atoms with Crippen LogP contribution in [0.25, 0.3) is 6.08 Å². The van der Waals surface area contributed by atoms with Gasteiger partial charge in [-0.15, -0.1) is 0 Å². The number of hydrogen-bond donors (Lipinski definition) is 4. The van der Waals surface area contributed by atoms with Crippen molar-refractivity contribution in [1.82, 2.24) is 16.2 Å². The van der Waals surface area contributed by atoms with Crippen molar-refractivity contribution in [1.29, 1.82) is 0 Å². The summed E-state index contributed by atoms with van der Waals surface area (Å²) in [6, 6.07) is 7.76. The molecule has 29 heavy (non-hydrogen) atoms. The van der Waals surface area contributed by atoms with Crippen molar-refractivity contribution in [3.8, 4) is 0 Å². The van der Waals surface area contributed by atoms with Crippen LogP contribution in [0.1, 0.15) is 56.7 Å². The number of methoxy groups -OCH3 is 1. The molecule has 160 valence electrons. The lowest BCUT2D eigenvalue weighted by atomic mass is 9.99. The Morgan fingerprint density at radius 2 is 2.17 bits per heavy atom. The zero-order valence-electron chi connectivity index (χ0n) is 17.5. The number of hydrogen-bond acceptors (Lipinski definition) is 5. The molecule has 0 aliphatic carbocycles. The van der Waals surface area contributed by atoms with E-state index in [9.17, 15) is 9.59 Å². The highest BCUT2D eigenvalue weighted by molar-refractivity contribution is 5.82. The van der Waals surface area contributed by atoms with Gasteiger partial charge in [0.05, 0.1) is 24.1 Å². The van der Waals surface area contributed by atoms with Gasteiger partial charge in [0, 0.05) is 13.7 Å². The lowest BCUT2D eigenvalue weighted by Crippen LogP contribution is -2.53. The summed E-state index contributed by atoms with van der Waals surface area (Å²) < 4.78 is 5.30.